The predicted molar refractivity (Wildman–Crippen MR) is 73.5 cm³/mol. The number of hydrogen-bond acceptors (Lipinski definition) is 3. The van der Waals surface area contributed by atoms with Crippen molar-refractivity contribution >= 4 is 0 Å². The van der Waals surface area contributed by atoms with Gasteiger partial charge in [0.25, 0.3) is 0 Å². The van der Waals surface area contributed by atoms with E-state index in [4.69, 9.17) is 10.5 Å². The SMILES string of the molecule is Cc1ccc(OC2CCC(C)C(C)C2)c(CN)n1. The molecule has 0 saturated heterocycles. The third-order valence-electron chi connectivity index (χ3n) is 4.11. The molecule has 0 radical (unpaired) electrons. The van der Waals surface area contributed by atoms with Gasteiger partial charge in [0.1, 0.15) is 5.75 Å². The van der Waals surface area contributed by atoms with Crippen LogP contribution in [0.2, 0.25) is 0 Å². The van der Waals surface area contributed by atoms with Crippen LogP contribution in [0.1, 0.15) is 44.5 Å². The van der Waals surface area contributed by atoms with Crippen molar-refractivity contribution in [3.8, 4) is 5.75 Å². The average Bonchev–Trinajstić information content (AvgIpc) is 2.36. The lowest BCUT2D eigenvalue weighted by Gasteiger charge is -2.32. The molecular weight excluding hydrogens is 224 g/mol. The molecule has 0 aliphatic heterocycles. The summed E-state index contributed by atoms with van der Waals surface area (Å²) in [6.07, 6.45) is 3.86. The van der Waals surface area contributed by atoms with Gasteiger partial charge in [-0.2, -0.15) is 0 Å². The second-order valence-corrected chi connectivity index (χ2v) is 5.61. The highest BCUT2D eigenvalue weighted by Crippen LogP contribution is 2.32. The number of aromatic nitrogens is 1. The highest BCUT2D eigenvalue weighted by Gasteiger charge is 2.26. The molecule has 1 saturated carbocycles. The molecule has 1 aliphatic rings. The Hall–Kier alpha value is -1.09. The molecule has 100 valence electrons. The van der Waals surface area contributed by atoms with Gasteiger partial charge in [-0.3, -0.25) is 4.98 Å². The van der Waals surface area contributed by atoms with Gasteiger partial charge in [0, 0.05) is 12.2 Å². The third-order valence-corrected chi connectivity index (χ3v) is 4.11. The minimum Gasteiger partial charge on any atom is -0.488 e. The van der Waals surface area contributed by atoms with Gasteiger partial charge >= 0.3 is 0 Å². The fraction of sp³-hybridized carbons (Fsp3) is 0.667. The number of nitrogens with two attached hydrogens (primary N) is 1. The van der Waals surface area contributed by atoms with Crippen molar-refractivity contribution in [2.24, 2.45) is 17.6 Å². The second-order valence-electron chi connectivity index (χ2n) is 5.61. The third kappa shape index (κ3) is 3.02. The first-order chi connectivity index (χ1) is 8.60. The van der Waals surface area contributed by atoms with Gasteiger partial charge in [0.05, 0.1) is 11.8 Å². The Morgan fingerprint density at radius 2 is 2.06 bits per heavy atom. The van der Waals surface area contributed by atoms with E-state index >= 15 is 0 Å². The molecular formula is C15H24N2O. The molecule has 0 aromatic carbocycles. The van der Waals surface area contributed by atoms with Crippen molar-refractivity contribution in [1.29, 1.82) is 0 Å². The van der Waals surface area contributed by atoms with Crippen LogP contribution < -0.4 is 10.5 Å². The molecule has 2 N–H and O–H groups in total. The maximum atomic E-state index is 6.11. The predicted octanol–water partition coefficient (Wildman–Crippen LogP) is 3.05. The van der Waals surface area contributed by atoms with Crippen LogP contribution in [0.3, 0.4) is 0 Å². The Morgan fingerprint density at radius 3 is 2.72 bits per heavy atom. The molecule has 2 rings (SSSR count). The first-order valence-corrected chi connectivity index (χ1v) is 6.93. The molecule has 3 nitrogen and oxygen atoms in total. The highest BCUT2D eigenvalue weighted by atomic mass is 16.5. The fourth-order valence-electron chi connectivity index (χ4n) is 2.64. The van der Waals surface area contributed by atoms with Crippen LogP contribution in [0, 0.1) is 18.8 Å². The molecule has 18 heavy (non-hydrogen) atoms. The van der Waals surface area contributed by atoms with Gasteiger partial charge < -0.3 is 10.5 Å². The minimum absolute atomic E-state index is 0.325. The van der Waals surface area contributed by atoms with E-state index in [2.05, 4.69) is 18.8 Å². The van der Waals surface area contributed by atoms with Crippen LogP contribution >= 0.6 is 0 Å². The van der Waals surface area contributed by atoms with E-state index in [1.165, 1.54) is 6.42 Å². The monoisotopic (exact) mass is 248 g/mol. The molecule has 0 spiro atoms. The van der Waals surface area contributed by atoms with Gasteiger partial charge in [-0.25, -0.2) is 0 Å². The molecule has 0 amide bonds. The van der Waals surface area contributed by atoms with Crippen molar-refractivity contribution < 1.29 is 4.74 Å². The first-order valence-electron chi connectivity index (χ1n) is 6.93. The van der Waals surface area contributed by atoms with E-state index in [0.29, 0.717) is 12.6 Å². The summed E-state index contributed by atoms with van der Waals surface area (Å²) in [5.41, 5.74) is 7.60. The molecule has 1 fully saturated rings. The largest absolute Gasteiger partial charge is 0.488 e. The van der Waals surface area contributed by atoms with Crippen LogP contribution in [-0.2, 0) is 6.54 Å². The molecule has 3 unspecified atom stereocenters. The lowest BCUT2D eigenvalue weighted by Crippen LogP contribution is -2.29. The summed E-state index contributed by atoms with van der Waals surface area (Å²) in [4.78, 5) is 4.44. The molecule has 1 aromatic rings. The van der Waals surface area contributed by atoms with Crippen LogP contribution in [-0.4, -0.2) is 11.1 Å². The Bertz CT molecular complexity index is 405. The van der Waals surface area contributed by atoms with Crippen molar-refractivity contribution in [3.63, 3.8) is 0 Å². The van der Waals surface area contributed by atoms with E-state index in [0.717, 1.165) is 41.8 Å². The number of pyridine rings is 1. The Morgan fingerprint density at radius 1 is 1.28 bits per heavy atom. The zero-order valence-electron chi connectivity index (χ0n) is 11.6. The van der Waals surface area contributed by atoms with Crippen molar-refractivity contribution in [2.45, 2.75) is 52.7 Å². The van der Waals surface area contributed by atoms with E-state index in [-0.39, 0.29) is 0 Å². The molecule has 3 atom stereocenters. The van der Waals surface area contributed by atoms with Crippen molar-refractivity contribution in [1.82, 2.24) is 4.98 Å². The number of rotatable bonds is 3. The average molecular weight is 248 g/mol. The van der Waals surface area contributed by atoms with Crippen LogP contribution in [0.4, 0.5) is 0 Å². The standard InChI is InChI=1S/C15H24N2O/c1-10-4-6-13(8-11(10)2)18-15-7-5-12(3)17-14(15)9-16/h5,7,10-11,13H,4,6,8-9,16H2,1-3H3. The van der Waals surface area contributed by atoms with Crippen LogP contribution in [0.25, 0.3) is 0 Å². The fourth-order valence-corrected chi connectivity index (χ4v) is 2.64. The maximum absolute atomic E-state index is 6.11. The van der Waals surface area contributed by atoms with Gasteiger partial charge in [-0.1, -0.05) is 13.8 Å². The van der Waals surface area contributed by atoms with E-state index in [9.17, 15) is 0 Å². The Kier molecular flexibility index (Phi) is 4.23. The van der Waals surface area contributed by atoms with Gasteiger partial charge in [-0.15, -0.1) is 0 Å². The summed E-state index contributed by atoms with van der Waals surface area (Å²) in [6.45, 7) is 7.07. The quantitative estimate of drug-likeness (QED) is 0.894. The van der Waals surface area contributed by atoms with E-state index in [1.54, 1.807) is 0 Å². The van der Waals surface area contributed by atoms with Crippen molar-refractivity contribution in [3.05, 3.63) is 23.5 Å². The molecule has 3 heteroatoms. The molecule has 1 heterocycles. The van der Waals surface area contributed by atoms with Crippen LogP contribution in [0.5, 0.6) is 5.75 Å². The molecule has 0 bridgehead atoms. The van der Waals surface area contributed by atoms with Gasteiger partial charge in [0.15, 0.2) is 0 Å². The number of hydrogen-bond donors (Lipinski definition) is 1. The highest BCUT2D eigenvalue weighted by molar-refractivity contribution is 5.29. The second kappa shape index (κ2) is 5.70. The number of nitrogens with zero attached hydrogens (tertiary/aromatic N) is 1. The summed E-state index contributed by atoms with van der Waals surface area (Å²) in [7, 11) is 0. The first kappa shape index (κ1) is 13.3. The minimum atomic E-state index is 0.325. The number of ether oxygens (including phenoxy) is 1. The van der Waals surface area contributed by atoms with Gasteiger partial charge in [0.2, 0.25) is 0 Å². The lowest BCUT2D eigenvalue weighted by atomic mass is 9.80. The summed E-state index contributed by atoms with van der Waals surface area (Å²) in [5, 5.41) is 0. The summed E-state index contributed by atoms with van der Waals surface area (Å²) in [5.74, 6) is 2.42. The lowest BCUT2D eigenvalue weighted by molar-refractivity contribution is 0.0992. The van der Waals surface area contributed by atoms with Crippen molar-refractivity contribution in [2.75, 3.05) is 0 Å². The van der Waals surface area contributed by atoms with E-state index in [1.807, 2.05) is 19.1 Å². The summed E-state index contributed by atoms with van der Waals surface area (Å²) in [6, 6.07) is 4.00. The normalized spacial score (nSPS) is 28.1. The molecule has 1 aromatic heterocycles. The Labute approximate surface area is 110 Å². The smallest absolute Gasteiger partial charge is 0.142 e. The number of aryl methyl sites for hydroxylation is 1. The summed E-state index contributed by atoms with van der Waals surface area (Å²) < 4.78 is 6.11. The zero-order valence-corrected chi connectivity index (χ0v) is 11.6. The Balaban J connectivity index is 2.05. The maximum Gasteiger partial charge on any atom is 0.142 e. The van der Waals surface area contributed by atoms with E-state index < -0.39 is 0 Å². The zero-order chi connectivity index (χ0) is 13.1. The summed E-state index contributed by atoms with van der Waals surface area (Å²) >= 11 is 0. The van der Waals surface area contributed by atoms with Gasteiger partial charge in [-0.05, 0) is 50.2 Å². The van der Waals surface area contributed by atoms with Crippen LogP contribution in [0.15, 0.2) is 12.1 Å². The topological polar surface area (TPSA) is 48.1 Å². The molecule has 1 aliphatic carbocycles.